The third-order valence-electron chi connectivity index (χ3n) is 7.04. The van der Waals surface area contributed by atoms with Gasteiger partial charge >= 0.3 is 0 Å². The Labute approximate surface area is 207 Å². The zero-order valence-electron chi connectivity index (χ0n) is 20.0. The Morgan fingerprint density at radius 1 is 1.25 bits per heavy atom. The van der Waals surface area contributed by atoms with E-state index >= 15 is 0 Å². The van der Waals surface area contributed by atoms with Crippen LogP contribution in [0, 0.1) is 11.7 Å². The number of ether oxygens (including phenoxy) is 2. The Kier molecular flexibility index (Phi) is 6.99. The average Bonchev–Trinajstić information content (AvgIpc) is 2.91. The Balaban J connectivity index is 1.19. The summed E-state index contributed by atoms with van der Waals surface area (Å²) in [6.07, 6.45) is 1.09. The lowest BCUT2D eigenvalue weighted by Gasteiger charge is -2.36. The first-order valence-corrected chi connectivity index (χ1v) is 12.1. The van der Waals surface area contributed by atoms with Crippen molar-refractivity contribution in [2.75, 3.05) is 38.7 Å². The normalized spacial score (nSPS) is 18.3. The quantitative estimate of drug-likeness (QED) is 0.457. The fourth-order valence-electron chi connectivity index (χ4n) is 4.96. The van der Waals surface area contributed by atoms with Gasteiger partial charge in [-0.2, -0.15) is 0 Å². The Hall–Kier alpha value is -3.34. The molecule has 0 unspecified atom stereocenters. The number of halogens is 1. The molecule has 0 spiro atoms. The molecule has 190 valence electrons. The number of amides is 1. The van der Waals surface area contributed by atoms with E-state index in [-0.39, 0.29) is 24.2 Å². The van der Waals surface area contributed by atoms with Gasteiger partial charge in [-0.15, -0.1) is 0 Å². The van der Waals surface area contributed by atoms with Crippen LogP contribution >= 0.6 is 0 Å². The van der Waals surface area contributed by atoms with Crippen LogP contribution in [-0.2, 0) is 11.2 Å². The SMILES string of the molecule is COc1ccc2ncc(F)c(CCN3CCC([C@@H](O)[C@@H](O)c4ccc5c(c4)NC(=O)CO5)CC3)c2n1. The van der Waals surface area contributed by atoms with Gasteiger partial charge in [0, 0.05) is 18.2 Å². The monoisotopic (exact) mass is 496 g/mol. The predicted molar refractivity (Wildman–Crippen MR) is 130 cm³/mol. The smallest absolute Gasteiger partial charge is 0.262 e. The summed E-state index contributed by atoms with van der Waals surface area (Å²) >= 11 is 0. The number of anilines is 1. The van der Waals surface area contributed by atoms with Crippen LogP contribution in [0.4, 0.5) is 10.1 Å². The van der Waals surface area contributed by atoms with Gasteiger partial charge in [0.25, 0.3) is 5.91 Å². The number of aliphatic hydroxyl groups is 2. The van der Waals surface area contributed by atoms with Gasteiger partial charge in [0.2, 0.25) is 5.88 Å². The number of benzene rings is 1. The van der Waals surface area contributed by atoms with Crippen LogP contribution in [0.2, 0.25) is 0 Å². The first kappa shape index (κ1) is 24.4. The minimum absolute atomic E-state index is 0.0369. The molecule has 0 bridgehead atoms. The number of pyridine rings is 2. The van der Waals surface area contributed by atoms with Crippen molar-refractivity contribution in [1.29, 1.82) is 0 Å². The topological polar surface area (TPSA) is 117 Å². The number of nitrogens with one attached hydrogen (secondary N) is 1. The molecule has 4 heterocycles. The molecule has 2 aliphatic rings. The minimum atomic E-state index is -1.08. The fourth-order valence-corrected chi connectivity index (χ4v) is 4.96. The molecule has 9 nitrogen and oxygen atoms in total. The number of methoxy groups -OCH3 is 1. The van der Waals surface area contributed by atoms with E-state index in [0.29, 0.717) is 65.3 Å². The van der Waals surface area contributed by atoms with Gasteiger partial charge in [-0.05, 0) is 62.0 Å². The highest BCUT2D eigenvalue weighted by Crippen LogP contribution is 2.34. The van der Waals surface area contributed by atoms with Crippen LogP contribution in [-0.4, -0.2) is 70.4 Å². The molecule has 2 atom stereocenters. The van der Waals surface area contributed by atoms with Crippen molar-refractivity contribution in [2.45, 2.75) is 31.5 Å². The number of carbonyl (C=O) groups is 1. The van der Waals surface area contributed by atoms with Crippen molar-refractivity contribution in [3.8, 4) is 11.6 Å². The highest BCUT2D eigenvalue weighted by molar-refractivity contribution is 5.95. The number of hydrogen-bond donors (Lipinski definition) is 3. The zero-order valence-corrected chi connectivity index (χ0v) is 20.0. The predicted octanol–water partition coefficient (Wildman–Crippen LogP) is 2.46. The van der Waals surface area contributed by atoms with Gasteiger partial charge in [-0.1, -0.05) is 6.07 Å². The third kappa shape index (κ3) is 4.97. The minimum Gasteiger partial charge on any atom is -0.482 e. The first-order chi connectivity index (χ1) is 17.4. The van der Waals surface area contributed by atoms with Gasteiger partial charge in [-0.3, -0.25) is 9.78 Å². The number of carbonyl (C=O) groups excluding carboxylic acids is 1. The summed E-state index contributed by atoms with van der Waals surface area (Å²) in [5.41, 5.74) is 2.66. The Morgan fingerprint density at radius 3 is 2.83 bits per heavy atom. The summed E-state index contributed by atoms with van der Waals surface area (Å²) in [6, 6.07) is 8.51. The number of piperidine rings is 1. The van der Waals surface area contributed by atoms with E-state index in [1.807, 2.05) is 0 Å². The molecule has 1 aromatic carbocycles. The van der Waals surface area contributed by atoms with Crippen molar-refractivity contribution in [3.05, 3.63) is 53.5 Å². The first-order valence-electron chi connectivity index (χ1n) is 12.1. The molecule has 3 N–H and O–H groups in total. The van der Waals surface area contributed by atoms with Gasteiger partial charge in [0.1, 0.15) is 17.7 Å². The number of nitrogens with zero attached hydrogens (tertiary/aromatic N) is 3. The maximum Gasteiger partial charge on any atom is 0.262 e. The largest absolute Gasteiger partial charge is 0.482 e. The van der Waals surface area contributed by atoms with Crippen LogP contribution in [0.25, 0.3) is 11.0 Å². The van der Waals surface area contributed by atoms with Crippen molar-refractivity contribution in [1.82, 2.24) is 14.9 Å². The number of hydrogen-bond acceptors (Lipinski definition) is 8. The van der Waals surface area contributed by atoms with E-state index in [4.69, 9.17) is 9.47 Å². The zero-order chi connectivity index (χ0) is 25.2. The molecular weight excluding hydrogens is 467 g/mol. The summed E-state index contributed by atoms with van der Waals surface area (Å²) in [6.45, 7) is 2.06. The van der Waals surface area contributed by atoms with Crippen LogP contribution in [0.3, 0.4) is 0 Å². The molecule has 0 radical (unpaired) electrons. The Morgan fingerprint density at radius 2 is 2.06 bits per heavy atom. The number of aliphatic hydroxyl groups excluding tert-OH is 2. The van der Waals surface area contributed by atoms with E-state index < -0.39 is 12.2 Å². The maximum absolute atomic E-state index is 14.6. The van der Waals surface area contributed by atoms with E-state index in [0.717, 1.165) is 13.1 Å². The van der Waals surface area contributed by atoms with Crippen LogP contribution in [0.5, 0.6) is 11.6 Å². The number of fused-ring (bicyclic) bond motifs is 2. The van der Waals surface area contributed by atoms with Crippen molar-refractivity contribution in [2.24, 2.45) is 5.92 Å². The average molecular weight is 497 g/mol. The van der Waals surface area contributed by atoms with Crippen LogP contribution < -0.4 is 14.8 Å². The second-order valence-corrected chi connectivity index (χ2v) is 9.26. The highest BCUT2D eigenvalue weighted by Gasteiger charge is 2.31. The van der Waals surface area contributed by atoms with Crippen molar-refractivity contribution >= 4 is 22.6 Å². The molecule has 2 aromatic heterocycles. The summed E-state index contributed by atoms with van der Waals surface area (Å²) in [7, 11) is 1.52. The summed E-state index contributed by atoms with van der Waals surface area (Å²) in [4.78, 5) is 22.3. The molecule has 3 aromatic rings. The van der Waals surface area contributed by atoms with Gasteiger partial charge in [0.05, 0.1) is 36.1 Å². The Bertz CT molecular complexity index is 1260. The fraction of sp³-hybridized carbons (Fsp3) is 0.423. The maximum atomic E-state index is 14.6. The summed E-state index contributed by atoms with van der Waals surface area (Å²) < 4.78 is 25.1. The van der Waals surface area contributed by atoms with Crippen LogP contribution in [0.15, 0.2) is 36.5 Å². The van der Waals surface area contributed by atoms with Crippen LogP contribution in [0.1, 0.15) is 30.1 Å². The lowest BCUT2D eigenvalue weighted by molar-refractivity contribution is -0.118. The molecule has 10 heteroatoms. The molecule has 5 rings (SSSR count). The molecular formula is C26H29FN4O5. The molecule has 0 saturated carbocycles. The van der Waals surface area contributed by atoms with E-state index in [9.17, 15) is 19.4 Å². The number of aromatic nitrogens is 2. The molecule has 1 saturated heterocycles. The van der Waals surface area contributed by atoms with E-state index in [2.05, 4.69) is 20.2 Å². The second kappa shape index (κ2) is 10.3. The molecule has 0 aliphatic carbocycles. The van der Waals surface area contributed by atoms with Gasteiger partial charge in [0.15, 0.2) is 6.61 Å². The summed E-state index contributed by atoms with van der Waals surface area (Å²) in [5, 5.41) is 24.4. The lowest BCUT2D eigenvalue weighted by Crippen LogP contribution is -2.40. The molecule has 36 heavy (non-hydrogen) atoms. The second-order valence-electron chi connectivity index (χ2n) is 9.26. The molecule has 1 amide bonds. The standard InChI is InChI=1S/C26H29FN4O5/c1-35-23-5-3-19-24(30-23)17(18(27)13-28-19)8-11-31-9-6-15(7-10-31)25(33)26(34)16-2-4-21-20(12-16)29-22(32)14-36-21/h2-5,12-13,15,25-26,33-34H,6-11,14H2,1H3,(H,29,32)/t25-,26+/m1/s1. The van der Waals surface area contributed by atoms with E-state index in [1.165, 1.54) is 13.3 Å². The lowest BCUT2D eigenvalue weighted by atomic mass is 9.86. The van der Waals surface area contributed by atoms with Crippen molar-refractivity contribution in [3.63, 3.8) is 0 Å². The number of likely N-dealkylation sites (tertiary alicyclic amines) is 1. The number of rotatable bonds is 7. The summed E-state index contributed by atoms with van der Waals surface area (Å²) in [5.74, 6) is 0.237. The van der Waals surface area contributed by atoms with Gasteiger partial charge in [-0.25, -0.2) is 9.37 Å². The highest BCUT2D eigenvalue weighted by atomic mass is 19.1. The molecule has 2 aliphatic heterocycles. The molecule has 1 fully saturated rings. The van der Waals surface area contributed by atoms with Crippen molar-refractivity contribution < 1.29 is 28.9 Å². The van der Waals surface area contributed by atoms with E-state index in [1.54, 1.807) is 30.3 Å². The van der Waals surface area contributed by atoms with Gasteiger partial charge < -0.3 is 29.9 Å². The third-order valence-corrected chi connectivity index (χ3v) is 7.04.